The topological polar surface area (TPSA) is 17.3 Å². The Bertz CT molecular complexity index is 1540. The molecule has 0 aliphatic rings. The quantitative estimate of drug-likeness (QED) is 0.312. The summed E-state index contributed by atoms with van der Waals surface area (Å²) in [6.07, 6.45) is 0. The van der Waals surface area contributed by atoms with Crippen molar-refractivity contribution in [3.05, 3.63) is 83.0 Å². The molecule has 0 atom stereocenters. The molecule has 3 aromatic carbocycles. The van der Waals surface area contributed by atoms with Crippen molar-refractivity contribution < 1.29 is 8.22 Å². The molecule has 5 rings (SSSR count). The molecule has 0 saturated heterocycles. The van der Waals surface area contributed by atoms with Gasteiger partial charge in [-0.25, -0.2) is 4.98 Å². The molecule has 0 spiro atoms. The molecule has 5 aromatic rings. The van der Waals surface area contributed by atoms with Gasteiger partial charge in [0.2, 0.25) is 0 Å². The minimum absolute atomic E-state index is 0.0393. The molecule has 2 nitrogen and oxygen atoms in total. The molecule has 0 saturated carbocycles. The van der Waals surface area contributed by atoms with Gasteiger partial charge in [-0.3, -0.25) is 4.40 Å². The van der Waals surface area contributed by atoms with Crippen LogP contribution in [0.5, 0.6) is 0 Å². The first-order valence-electron chi connectivity index (χ1n) is 11.9. The number of fused-ring (bicyclic) bond motifs is 6. The summed E-state index contributed by atoms with van der Waals surface area (Å²) in [7, 11) is 0. The molecule has 2 heteroatoms. The van der Waals surface area contributed by atoms with Crippen molar-refractivity contribution in [2.24, 2.45) is 0 Å². The van der Waals surface area contributed by atoms with Crippen molar-refractivity contribution in [3.8, 4) is 11.3 Å². The van der Waals surface area contributed by atoms with Crippen LogP contribution in [0.15, 0.2) is 60.7 Å². The summed E-state index contributed by atoms with van der Waals surface area (Å²) in [6, 6.07) is 18.5. The zero-order valence-electron chi connectivity index (χ0n) is 21.2. The smallest absolute Gasteiger partial charge is 0.145 e. The summed E-state index contributed by atoms with van der Waals surface area (Å²) >= 11 is 0. The van der Waals surface area contributed by atoms with Crippen molar-refractivity contribution >= 4 is 27.3 Å². The molecule has 0 unspecified atom stereocenters. The Hall–Kier alpha value is -3.13. The molecular weight excluding hydrogens is 328 g/mol. The molecule has 27 heavy (non-hydrogen) atoms. The number of nitrogens with zero attached hydrogens (tertiary/aromatic N) is 2. The number of imidazole rings is 1. The van der Waals surface area contributed by atoms with E-state index in [1.54, 1.807) is 18.2 Å². The van der Waals surface area contributed by atoms with Crippen molar-refractivity contribution in [2.75, 3.05) is 0 Å². The van der Waals surface area contributed by atoms with E-state index in [-0.39, 0.29) is 11.3 Å². The van der Waals surface area contributed by atoms with Gasteiger partial charge in [0.05, 0.1) is 16.9 Å². The highest BCUT2D eigenvalue weighted by Crippen LogP contribution is 2.37. The second-order valence-corrected chi connectivity index (χ2v) is 7.01. The Morgan fingerprint density at radius 2 is 1.59 bits per heavy atom. The Kier molecular flexibility index (Phi) is 2.29. The van der Waals surface area contributed by atoms with Crippen LogP contribution in [0.3, 0.4) is 0 Å². The first-order chi connectivity index (χ1) is 15.5. The SMILES string of the molecule is [2H]C([2H])([2H])c1ccc2c(c1)c1ccccc1c1nc(C([2H])([2H])[2H])c(-c3c(C)cccc3C)n21. The maximum atomic E-state index is 8.25. The van der Waals surface area contributed by atoms with Crippen LogP contribution in [-0.2, 0) is 0 Å². The maximum Gasteiger partial charge on any atom is 0.145 e. The number of hydrogen-bond acceptors (Lipinski definition) is 1. The molecule has 0 fully saturated rings. The maximum absolute atomic E-state index is 8.25. The fourth-order valence-electron chi connectivity index (χ4n) is 4.11. The molecule has 0 aliphatic carbocycles. The highest BCUT2D eigenvalue weighted by molar-refractivity contribution is 6.12. The first-order valence-corrected chi connectivity index (χ1v) is 8.93. The summed E-state index contributed by atoms with van der Waals surface area (Å²) < 4.78 is 50.3. The zero-order valence-corrected chi connectivity index (χ0v) is 15.2. The minimum atomic E-state index is -2.43. The van der Waals surface area contributed by atoms with Gasteiger partial charge in [-0.2, -0.15) is 0 Å². The molecule has 0 aliphatic heterocycles. The van der Waals surface area contributed by atoms with Crippen LogP contribution in [-0.4, -0.2) is 9.38 Å². The Balaban J connectivity index is 2.09. The van der Waals surface area contributed by atoms with Gasteiger partial charge < -0.3 is 0 Å². The number of aryl methyl sites for hydroxylation is 4. The van der Waals surface area contributed by atoms with Crippen molar-refractivity contribution in [3.63, 3.8) is 0 Å². The summed E-state index contributed by atoms with van der Waals surface area (Å²) in [6.45, 7) is -0.761. The average Bonchev–Trinajstić information content (AvgIpc) is 3.14. The second kappa shape index (κ2) is 5.68. The second-order valence-electron chi connectivity index (χ2n) is 7.01. The zero-order chi connectivity index (χ0) is 23.7. The molecule has 0 bridgehead atoms. The summed E-state index contributed by atoms with van der Waals surface area (Å²) in [5.41, 5.74) is 4.79. The van der Waals surface area contributed by atoms with Gasteiger partial charge in [0.15, 0.2) is 0 Å². The average molecular weight is 357 g/mol. The highest BCUT2D eigenvalue weighted by Gasteiger charge is 2.19. The number of aromatic nitrogens is 2. The van der Waals surface area contributed by atoms with Crippen LogP contribution < -0.4 is 0 Å². The van der Waals surface area contributed by atoms with E-state index in [2.05, 4.69) is 4.98 Å². The normalized spacial score (nSPS) is 15.9. The lowest BCUT2D eigenvalue weighted by Crippen LogP contribution is -1.97. The van der Waals surface area contributed by atoms with Crippen LogP contribution in [0.4, 0.5) is 0 Å². The van der Waals surface area contributed by atoms with Crippen molar-refractivity contribution in [1.29, 1.82) is 0 Å². The molecule has 132 valence electrons. The number of benzene rings is 3. The van der Waals surface area contributed by atoms with E-state index in [4.69, 9.17) is 8.22 Å². The van der Waals surface area contributed by atoms with Crippen LogP contribution in [0, 0.1) is 27.6 Å². The van der Waals surface area contributed by atoms with Crippen LogP contribution in [0.1, 0.15) is 30.6 Å². The lowest BCUT2D eigenvalue weighted by atomic mass is 9.98. The van der Waals surface area contributed by atoms with E-state index >= 15 is 0 Å². The number of hydrogen-bond donors (Lipinski definition) is 0. The highest BCUT2D eigenvalue weighted by atomic mass is 15.0. The lowest BCUT2D eigenvalue weighted by Gasteiger charge is -2.14. The fraction of sp³-hybridized carbons (Fsp3) is 0.160. The predicted octanol–water partition coefficient (Wildman–Crippen LogP) is 6.54. The van der Waals surface area contributed by atoms with E-state index in [0.717, 1.165) is 38.4 Å². The van der Waals surface area contributed by atoms with Gasteiger partial charge in [0.1, 0.15) is 5.65 Å². The monoisotopic (exact) mass is 356 g/mol. The number of pyridine rings is 1. The van der Waals surface area contributed by atoms with E-state index in [0.29, 0.717) is 11.3 Å². The molecular formula is C25H22N2. The van der Waals surface area contributed by atoms with Gasteiger partial charge in [-0.05, 0) is 56.2 Å². The summed E-state index contributed by atoms with van der Waals surface area (Å²) in [4.78, 5) is 4.68. The third-order valence-electron chi connectivity index (χ3n) is 5.29. The van der Waals surface area contributed by atoms with Gasteiger partial charge >= 0.3 is 0 Å². The molecule has 0 N–H and O–H groups in total. The van der Waals surface area contributed by atoms with E-state index in [1.807, 2.05) is 60.7 Å². The Morgan fingerprint density at radius 1 is 0.815 bits per heavy atom. The van der Waals surface area contributed by atoms with Gasteiger partial charge in [0.25, 0.3) is 0 Å². The standard InChI is InChI=1S/C25H22N2/c1-15-12-13-22-21(14-15)19-10-5-6-11-20(19)25-26-18(4)24(27(22)25)23-16(2)8-7-9-17(23)3/h5-14H,1-4H3/i1D3,4D3. The molecule has 2 aromatic heterocycles. The van der Waals surface area contributed by atoms with Crippen LogP contribution in [0.2, 0.25) is 0 Å². The molecule has 0 radical (unpaired) electrons. The third kappa shape index (κ3) is 2.23. The summed E-state index contributed by atoms with van der Waals surface area (Å²) in [5, 5.41) is 2.35. The molecule has 2 heterocycles. The summed E-state index contributed by atoms with van der Waals surface area (Å²) in [5.74, 6) is 0. The van der Waals surface area contributed by atoms with Crippen LogP contribution in [0.25, 0.3) is 38.6 Å². The van der Waals surface area contributed by atoms with Gasteiger partial charge in [-0.1, -0.05) is 54.1 Å². The van der Waals surface area contributed by atoms with Gasteiger partial charge in [0, 0.05) is 24.6 Å². The minimum Gasteiger partial charge on any atom is -0.291 e. The number of rotatable bonds is 1. The first kappa shape index (κ1) is 10.9. The van der Waals surface area contributed by atoms with E-state index < -0.39 is 13.7 Å². The largest absolute Gasteiger partial charge is 0.291 e. The Labute approximate surface area is 167 Å². The van der Waals surface area contributed by atoms with Crippen LogP contribution >= 0.6 is 0 Å². The Morgan fingerprint density at radius 3 is 2.33 bits per heavy atom. The predicted molar refractivity (Wildman–Crippen MR) is 115 cm³/mol. The van der Waals surface area contributed by atoms with E-state index in [9.17, 15) is 0 Å². The van der Waals surface area contributed by atoms with Gasteiger partial charge in [-0.15, -0.1) is 0 Å². The molecule has 0 amide bonds. The van der Waals surface area contributed by atoms with Crippen molar-refractivity contribution in [1.82, 2.24) is 9.38 Å². The third-order valence-corrected chi connectivity index (χ3v) is 5.29. The lowest BCUT2D eigenvalue weighted by molar-refractivity contribution is 1.23. The van der Waals surface area contributed by atoms with Crippen molar-refractivity contribution in [2.45, 2.75) is 27.6 Å². The fourth-order valence-corrected chi connectivity index (χ4v) is 4.11. The van der Waals surface area contributed by atoms with E-state index in [1.165, 1.54) is 0 Å².